The van der Waals surface area contributed by atoms with Crippen molar-refractivity contribution in [2.45, 2.75) is 30.9 Å². The van der Waals surface area contributed by atoms with E-state index >= 15 is 0 Å². The van der Waals surface area contributed by atoms with E-state index in [2.05, 4.69) is 10.6 Å². The Morgan fingerprint density at radius 2 is 2.53 bits per heavy atom. The molecule has 3 N–H and O–H groups in total. The summed E-state index contributed by atoms with van der Waals surface area (Å²) in [6.07, 6.45) is 2.21. The zero-order chi connectivity index (χ0) is 10.7. The summed E-state index contributed by atoms with van der Waals surface area (Å²) in [5.74, 6) is 0.129. The third-order valence-electron chi connectivity index (χ3n) is 3.01. The molecule has 15 heavy (non-hydrogen) atoms. The third-order valence-corrected chi connectivity index (χ3v) is 3.01. The number of hydrogen-bond acceptors (Lipinski definition) is 4. The van der Waals surface area contributed by atoms with Gasteiger partial charge in [-0.2, -0.15) is 0 Å². The average Bonchev–Trinajstić information content (AvgIpc) is 2.76. The highest BCUT2D eigenvalue weighted by Crippen LogP contribution is 2.17. The fourth-order valence-corrected chi connectivity index (χ4v) is 2.05. The standard InChI is InChI=1S/C10H18N2O3/c13-9-2-1-8(12-9)5-11-6-10(14)3-4-15-7-10/h8,11,14H,1-7H2,(H,12,13). The monoisotopic (exact) mass is 214 g/mol. The number of amides is 1. The van der Waals surface area contributed by atoms with E-state index in [0.29, 0.717) is 32.6 Å². The van der Waals surface area contributed by atoms with Gasteiger partial charge in [-0.05, 0) is 6.42 Å². The van der Waals surface area contributed by atoms with E-state index in [4.69, 9.17) is 4.74 Å². The fourth-order valence-electron chi connectivity index (χ4n) is 2.05. The van der Waals surface area contributed by atoms with E-state index in [0.717, 1.165) is 13.0 Å². The maximum Gasteiger partial charge on any atom is 0.220 e. The van der Waals surface area contributed by atoms with Crippen molar-refractivity contribution in [2.24, 2.45) is 0 Å². The average molecular weight is 214 g/mol. The van der Waals surface area contributed by atoms with Gasteiger partial charge in [-0.25, -0.2) is 0 Å². The molecular weight excluding hydrogens is 196 g/mol. The number of carbonyl (C=O) groups excluding carboxylic acids is 1. The molecule has 86 valence electrons. The Morgan fingerprint density at radius 3 is 3.13 bits per heavy atom. The van der Waals surface area contributed by atoms with Crippen LogP contribution in [0.2, 0.25) is 0 Å². The summed E-state index contributed by atoms with van der Waals surface area (Å²) in [7, 11) is 0. The van der Waals surface area contributed by atoms with E-state index in [1.807, 2.05) is 0 Å². The topological polar surface area (TPSA) is 70.6 Å². The first-order chi connectivity index (χ1) is 7.18. The highest BCUT2D eigenvalue weighted by molar-refractivity contribution is 5.78. The van der Waals surface area contributed by atoms with Gasteiger partial charge in [0, 0.05) is 38.6 Å². The van der Waals surface area contributed by atoms with Gasteiger partial charge in [-0.15, -0.1) is 0 Å². The lowest BCUT2D eigenvalue weighted by molar-refractivity contribution is -0.119. The molecule has 2 aliphatic heterocycles. The summed E-state index contributed by atoms with van der Waals surface area (Å²) in [5, 5.41) is 16.0. The molecule has 5 heteroatoms. The van der Waals surface area contributed by atoms with Crippen LogP contribution in [0.25, 0.3) is 0 Å². The maximum absolute atomic E-state index is 10.9. The molecule has 0 aromatic heterocycles. The molecule has 0 bridgehead atoms. The smallest absolute Gasteiger partial charge is 0.220 e. The molecule has 0 radical (unpaired) electrons. The highest BCUT2D eigenvalue weighted by Gasteiger charge is 2.32. The van der Waals surface area contributed by atoms with Crippen LogP contribution >= 0.6 is 0 Å². The van der Waals surface area contributed by atoms with E-state index in [1.54, 1.807) is 0 Å². The SMILES string of the molecule is O=C1CCC(CNCC2(O)CCOC2)N1. The summed E-state index contributed by atoms with van der Waals surface area (Å²) in [5.41, 5.74) is -0.706. The van der Waals surface area contributed by atoms with Gasteiger partial charge in [-0.1, -0.05) is 0 Å². The molecule has 2 fully saturated rings. The summed E-state index contributed by atoms with van der Waals surface area (Å²) in [6, 6.07) is 0.225. The van der Waals surface area contributed by atoms with Crippen LogP contribution in [0.15, 0.2) is 0 Å². The van der Waals surface area contributed by atoms with E-state index < -0.39 is 5.60 Å². The van der Waals surface area contributed by atoms with Crippen molar-refractivity contribution in [1.29, 1.82) is 0 Å². The summed E-state index contributed by atoms with van der Waals surface area (Å²) in [6.45, 7) is 2.32. The van der Waals surface area contributed by atoms with Gasteiger partial charge < -0.3 is 20.5 Å². The molecule has 2 rings (SSSR count). The first-order valence-corrected chi connectivity index (χ1v) is 5.48. The van der Waals surface area contributed by atoms with Crippen LogP contribution in [0, 0.1) is 0 Å². The molecule has 2 unspecified atom stereocenters. The van der Waals surface area contributed by atoms with Crippen molar-refractivity contribution in [2.75, 3.05) is 26.3 Å². The number of hydrogen-bond donors (Lipinski definition) is 3. The van der Waals surface area contributed by atoms with Crippen LogP contribution in [-0.4, -0.2) is 49.0 Å². The van der Waals surface area contributed by atoms with Gasteiger partial charge >= 0.3 is 0 Å². The van der Waals surface area contributed by atoms with Gasteiger partial charge in [0.15, 0.2) is 0 Å². The minimum atomic E-state index is -0.706. The van der Waals surface area contributed by atoms with Crippen molar-refractivity contribution in [3.63, 3.8) is 0 Å². The number of nitrogens with one attached hydrogen (secondary N) is 2. The minimum absolute atomic E-state index is 0.129. The second-order valence-electron chi connectivity index (χ2n) is 4.46. The van der Waals surface area contributed by atoms with Crippen molar-refractivity contribution in [3.8, 4) is 0 Å². The summed E-state index contributed by atoms with van der Waals surface area (Å²) in [4.78, 5) is 10.9. The molecule has 5 nitrogen and oxygen atoms in total. The molecular formula is C10H18N2O3. The van der Waals surface area contributed by atoms with E-state index in [9.17, 15) is 9.90 Å². The van der Waals surface area contributed by atoms with Gasteiger partial charge in [0.1, 0.15) is 5.60 Å². The van der Waals surface area contributed by atoms with Crippen LogP contribution in [-0.2, 0) is 9.53 Å². The Labute approximate surface area is 89.2 Å². The van der Waals surface area contributed by atoms with Crippen LogP contribution in [0.3, 0.4) is 0 Å². The number of carbonyl (C=O) groups is 1. The molecule has 0 saturated carbocycles. The third kappa shape index (κ3) is 2.90. The Bertz CT molecular complexity index is 239. The van der Waals surface area contributed by atoms with Crippen LogP contribution in [0.5, 0.6) is 0 Å². The summed E-state index contributed by atoms with van der Waals surface area (Å²) < 4.78 is 5.14. The first kappa shape index (κ1) is 10.9. The molecule has 0 aliphatic carbocycles. The van der Waals surface area contributed by atoms with Crippen LogP contribution < -0.4 is 10.6 Å². The quantitative estimate of drug-likeness (QED) is 0.562. The largest absolute Gasteiger partial charge is 0.386 e. The predicted molar refractivity (Wildman–Crippen MR) is 54.4 cm³/mol. The Morgan fingerprint density at radius 1 is 1.67 bits per heavy atom. The number of aliphatic hydroxyl groups is 1. The lowest BCUT2D eigenvalue weighted by Gasteiger charge is -2.22. The van der Waals surface area contributed by atoms with Crippen molar-refractivity contribution in [1.82, 2.24) is 10.6 Å². The predicted octanol–water partition coefficient (Wildman–Crippen LogP) is -0.994. The Kier molecular flexibility index (Phi) is 3.23. The molecule has 0 aromatic rings. The fraction of sp³-hybridized carbons (Fsp3) is 0.900. The Balaban J connectivity index is 1.64. The zero-order valence-corrected chi connectivity index (χ0v) is 8.79. The molecule has 0 aromatic carbocycles. The minimum Gasteiger partial charge on any atom is -0.386 e. The lowest BCUT2D eigenvalue weighted by Crippen LogP contribution is -2.45. The first-order valence-electron chi connectivity index (χ1n) is 5.48. The van der Waals surface area contributed by atoms with Gasteiger partial charge in [0.2, 0.25) is 5.91 Å². The van der Waals surface area contributed by atoms with Gasteiger partial charge in [0.25, 0.3) is 0 Å². The Hall–Kier alpha value is -0.650. The van der Waals surface area contributed by atoms with E-state index in [1.165, 1.54) is 0 Å². The molecule has 2 aliphatic rings. The molecule has 2 heterocycles. The second-order valence-corrected chi connectivity index (χ2v) is 4.46. The van der Waals surface area contributed by atoms with Gasteiger partial charge in [-0.3, -0.25) is 4.79 Å². The van der Waals surface area contributed by atoms with Crippen LogP contribution in [0.4, 0.5) is 0 Å². The van der Waals surface area contributed by atoms with Crippen molar-refractivity contribution < 1.29 is 14.6 Å². The second kappa shape index (κ2) is 4.47. The van der Waals surface area contributed by atoms with Gasteiger partial charge in [0.05, 0.1) is 6.61 Å². The molecule has 2 atom stereocenters. The molecule has 0 spiro atoms. The lowest BCUT2D eigenvalue weighted by atomic mass is 10.0. The van der Waals surface area contributed by atoms with Crippen molar-refractivity contribution >= 4 is 5.91 Å². The van der Waals surface area contributed by atoms with Crippen molar-refractivity contribution in [3.05, 3.63) is 0 Å². The van der Waals surface area contributed by atoms with Crippen LogP contribution in [0.1, 0.15) is 19.3 Å². The number of ether oxygens (including phenoxy) is 1. The highest BCUT2D eigenvalue weighted by atomic mass is 16.5. The summed E-state index contributed by atoms with van der Waals surface area (Å²) >= 11 is 0. The molecule has 1 amide bonds. The zero-order valence-electron chi connectivity index (χ0n) is 8.79. The maximum atomic E-state index is 10.9. The van der Waals surface area contributed by atoms with E-state index in [-0.39, 0.29) is 11.9 Å². The normalized spacial score (nSPS) is 35.8. The molecule has 2 saturated heterocycles. The number of rotatable bonds is 4.